The number of likely N-dealkylation sites (tertiary alicyclic amines) is 2. The first-order valence-corrected chi connectivity index (χ1v) is 12.4. The predicted molar refractivity (Wildman–Crippen MR) is 127 cm³/mol. The maximum absolute atomic E-state index is 13.1. The van der Waals surface area contributed by atoms with Crippen molar-refractivity contribution in [2.24, 2.45) is 5.92 Å². The van der Waals surface area contributed by atoms with Crippen molar-refractivity contribution in [3.8, 4) is 11.5 Å². The molecule has 5 rings (SSSR count). The summed E-state index contributed by atoms with van der Waals surface area (Å²) in [6, 6.07) is 11.1. The molecule has 3 aliphatic heterocycles. The van der Waals surface area contributed by atoms with E-state index in [1.54, 1.807) is 9.80 Å². The van der Waals surface area contributed by atoms with Crippen LogP contribution in [0.1, 0.15) is 47.6 Å². The van der Waals surface area contributed by atoms with Gasteiger partial charge in [0, 0.05) is 25.2 Å². The monoisotopic (exact) mass is 496 g/mol. The van der Waals surface area contributed by atoms with E-state index in [0.717, 1.165) is 18.4 Å². The second kappa shape index (κ2) is 10.6. The van der Waals surface area contributed by atoms with Gasteiger partial charge in [-0.3, -0.25) is 14.4 Å². The minimum absolute atomic E-state index is 0.0901. The zero-order valence-corrected chi connectivity index (χ0v) is 20.0. The molecule has 0 bridgehead atoms. The first-order valence-electron chi connectivity index (χ1n) is 12.4. The van der Waals surface area contributed by atoms with Crippen LogP contribution in [0.5, 0.6) is 11.5 Å². The number of esters is 1. The van der Waals surface area contributed by atoms with E-state index in [4.69, 9.17) is 14.2 Å². The minimum atomic E-state index is -0.410. The maximum Gasteiger partial charge on any atom is 0.309 e. The predicted octanol–water partition coefficient (Wildman–Crippen LogP) is 3.36. The van der Waals surface area contributed by atoms with Gasteiger partial charge in [0.15, 0.2) is 18.1 Å². The van der Waals surface area contributed by atoms with Crippen LogP contribution in [0.25, 0.3) is 0 Å². The number of amides is 2. The van der Waals surface area contributed by atoms with E-state index in [1.165, 1.54) is 24.3 Å². The molecular weight excluding hydrogens is 467 g/mol. The van der Waals surface area contributed by atoms with Crippen molar-refractivity contribution in [1.82, 2.24) is 9.80 Å². The molecule has 1 atom stereocenters. The molecule has 2 aromatic rings. The molecule has 0 aliphatic carbocycles. The Hall–Kier alpha value is -3.62. The fraction of sp³-hybridized carbons (Fsp3) is 0.444. The fourth-order valence-electron chi connectivity index (χ4n) is 5.11. The van der Waals surface area contributed by atoms with Crippen LogP contribution in [0.2, 0.25) is 0 Å². The van der Waals surface area contributed by atoms with Crippen molar-refractivity contribution >= 4 is 17.8 Å². The van der Waals surface area contributed by atoms with Gasteiger partial charge in [0.1, 0.15) is 19.0 Å². The van der Waals surface area contributed by atoms with Crippen molar-refractivity contribution in [1.29, 1.82) is 0 Å². The zero-order chi connectivity index (χ0) is 25.1. The number of fused-ring (bicyclic) bond motifs is 1. The smallest absolute Gasteiger partial charge is 0.309 e. The molecule has 0 radical (unpaired) electrons. The molecule has 1 unspecified atom stereocenters. The number of piperidine rings is 1. The second-order valence-electron chi connectivity index (χ2n) is 9.33. The maximum atomic E-state index is 13.1. The highest BCUT2D eigenvalue weighted by atomic mass is 19.1. The van der Waals surface area contributed by atoms with Crippen LogP contribution in [0.3, 0.4) is 0 Å². The summed E-state index contributed by atoms with van der Waals surface area (Å²) in [6.07, 6.45) is 2.63. The average Bonchev–Trinajstić information content (AvgIpc) is 3.42. The van der Waals surface area contributed by atoms with Gasteiger partial charge in [-0.2, -0.15) is 0 Å². The van der Waals surface area contributed by atoms with Gasteiger partial charge in [-0.25, -0.2) is 4.39 Å². The number of carbonyl (C=O) groups excluding carboxylic acids is 3. The number of carbonyl (C=O) groups is 3. The van der Waals surface area contributed by atoms with Crippen LogP contribution < -0.4 is 9.47 Å². The van der Waals surface area contributed by atoms with E-state index in [0.29, 0.717) is 62.8 Å². The Balaban J connectivity index is 1.11. The van der Waals surface area contributed by atoms with Crippen LogP contribution >= 0.6 is 0 Å². The molecule has 3 aliphatic rings. The van der Waals surface area contributed by atoms with Gasteiger partial charge in [-0.1, -0.05) is 6.07 Å². The third-order valence-corrected chi connectivity index (χ3v) is 7.07. The van der Waals surface area contributed by atoms with E-state index in [9.17, 15) is 18.8 Å². The highest BCUT2D eigenvalue weighted by Crippen LogP contribution is 2.38. The third-order valence-electron chi connectivity index (χ3n) is 7.07. The molecule has 3 heterocycles. The Morgan fingerprint density at radius 3 is 2.39 bits per heavy atom. The molecule has 8 nitrogen and oxygen atoms in total. The lowest BCUT2D eigenvalue weighted by molar-refractivity contribution is -0.157. The molecule has 2 aromatic carbocycles. The number of hydrogen-bond donors (Lipinski definition) is 0. The Labute approximate surface area is 208 Å². The highest BCUT2D eigenvalue weighted by molar-refractivity contribution is 5.94. The van der Waals surface area contributed by atoms with Crippen LogP contribution in [-0.2, 0) is 14.3 Å². The largest absolute Gasteiger partial charge is 0.486 e. The van der Waals surface area contributed by atoms with Crippen LogP contribution in [0.4, 0.5) is 4.39 Å². The zero-order valence-electron chi connectivity index (χ0n) is 20.0. The van der Waals surface area contributed by atoms with Crippen LogP contribution in [0.15, 0.2) is 42.5 Å². The van der Waals surface area contributed by atoms with Crippen LogP contribution in [-0.4, -0.2) is 67.0 Å². The van der Waals surface area contributed by atoms with Crippen molar-refractivity contribution in [3.05, 3.63) is 59.4 Å². The number of ether oxygens (including phenoxy) is 3. The van der Waals surface area contributed by atoms with Crippen molar-refractivity contribution in [3.63, 3.8) is 0 Å². The Bertz CT molecular complexity index is 1130. The lowest BCUT2D eigenvalue weighted by Gasteiger charge is -2.31. The number of halogens is 1. The minimum Gasteiger partial charge on any atom is -0.486 e. The highest BCUT2D eigenvalue weighted by Gasteiger charge is 2.33. The summed E-state index contributed by atoms with van der Waals surface area (Å²) in [7, 11) is 0. The number of rotatable bonds is 5. The molecule has 0 aromatic heterocycles. The Morgan fingerprint density at radius 2 is 1.64 bits per heavy atom. The molecule has 2 amide bonds. The van der Waals surface area contributed by atoms with E-state index >= 15 is 0 Å². The lowest BCUT2D eigenvalue weighted by Crippen LogP contribution is -2.41. The van der Waals surface area contributed by atoms with Gasteiger partial charge in [0.05, 0.1) is 12.0 Å². The SMILES string of the molecule is O=C(OCC(=O)N1CCCC1c1ccc2c(c1)OCCO2)C1CCN(C(=O)c2ccc(F)cc2)CC1. The van der Waals surface area contributed by atoms with Crippen molar-refractivity contribution in [2.45, 2.75) is 31.7 Å². The fourth-order valence-corrected chi connectivity index (χ4v) is 5.11. The van der Waals surface area contributed by atoms with Crippen LogP contribution in [0, 0.1) is 11.7 Å². The molecule has 2 saturated heterocycles. The third kappa shape index (κ3) is 5.15. The van der Waals surface area contributed by atoms with Gasteiger partial charge in [-0.05, 0) is 67.6 Å². The van der Waals surface area contributed by atoms with Gasteiger partial charge >= 0.3 is 5.97 Å². The summed E-state index contributed by atoms with van der Waals surface area (Å²) in [4.78, 5) is 41.6. The van der Waals surface area contributed by atoms with E-state index in [1.807, 2.05) is 18.2 Å². The van der Waals surface area contributed by atoms with Crippen molar-refractivity contribution < 1.29 is 33.0 Å². The van der Waals surface area contributed by atoms with Gasteiger partial charge in [0.25, 0.3) is 11.8 Å². The molecule has 0 saturated carbocycles. The van der Waals surface area contributed by atoms with E-state index in [-0.39, 0.29) is 30.4 Å². The first-order chi connectivity index (χ1) is 17.5. The summed E-state index contributed by atoms with van der Waals surface area (Å²) < 4.78 is 29.8. The lowest BCUT2D eigenvalue weighted by atomic mass is 9.96. The normalized spacial score (nSPS) is 19.8. The van der Waals surface area contributed by atoms with Gasteiger partial charge in [0.2, 0.25) is 0 Å². The van der Waals surface area contributed by atoms with Gasteiger partial charge in [-0.15, -0.1) is 0 Å². The number of nitrogens with zero attached hydrogens (tertiary/aromatic N) is 2. The number of hydrogen-bond acceptors (Lipinski definition) is 6. The molecule has 0 spiro atoms. The van der Waals surface area contributed by atoms with E-state index in [2.05, 4.69) is 0 Å². The summed E-state index contributed by atoms with van der Waals surface area (Å²) in [5, 5.41) is 0. The topological polar surface area (TPSA) is 85.4 Å². The molecule has 190 valence electrons. The summed E-state index contributed by atoms with van der Waals surface area (Å²) in [5.74, 6) is -0.168. The second-order valence-corrected chi connectivity index (χ2v) is 9.33. The Morgan fingerprint density at radius 1 is 0.917 bits per heavy atom. The van der Waals surface area contributed by atoms with Crippen molar-refractivity contribution in [2.75, 3.05) is 39.5 Å². The summed E-state index contributed by atoms with van der Waals surface area (Å²) in [6.45, 7) is 2.15. The summed E-state index contributed by atoms with van der Waals surface area (Å²) >= 11 is 0. The quantitative estimate of drug-likeness (QED) is 0.591. The molecule has 9 heteroatoms. The van der Waals surface area contributed by atoms with E-state index < -0.39 is 11.8 Å². The first kappa shape index (κ1) is 24.1. The van der Waals surface area contributed by atoms with Gasteiger partial charge < -0.3 is 24.0 Å². The molecule has 0 N–H and O–H groups in total. The average molecular weight is 497 g/mol. The summed E-state index contributed by atoms with van der Waals surface area (Å²) in [5.41, 5.74) is 1.40. The molecule has 36 heavy (non-hydrogen) atoms. The molecular formula is C27H29FN2O6. The standard InChI is InChI=1S/C27H29FN2O6/c28-21-6-3-18(4-7-21)26(32)29-12-9-19(10-13-29)27(33)36-17-25(31)30-11-1-2-22(30)20-5-8-23-24(16-20)35-15-14-34-23/h3-8,16,19,22H,1-2,9-15,17H2. The number of benzene rings is 2. The Kier molecular flexibility index (Phi) is 7.06. The molecule has 2 fully saturated rings.